The van der Waals surface area contributed by atoms with E-state index >= 15 is 0 Å². The highest BCUT2D eigenvalue weighted by Crippen LogP contribution is 2.14. The number of amides is 1. The molecule has 0 saturated heterocycles. The van der Waals surface area contributed by atoms with E-state index in [9.17, 15) is 4.79 Å². The van der Waals surface area contributed by atoms with Crippen molar-refractivity contribution in [2.75, 3.05) is 6.54 Å². The smallest absolute Gasteiger partial charge is 0.286 e. The molecule has 1 aromatic heterocycles. The van der Waals surface area contributed by atoms with Gasteiger partial charge < -0.3 is 9.88 Å². The summed E-state index contributed by atoms with van der Waals surface area (Å²) in [5, 5.41) is 3.48. The Kier molecular flexibility index (Phi) is 5.11. The highest BCUT2D eigenvalue weighted by Gasteiger charge is 2.07. The van der Waals surface area contributed by atoms with Crippen LogP contribution in [0.5, 0.6) is 0 Å². The summed E-state index contributed by atoms with van der Waals surface area (Å²) in [4.78, 5) is 15.5. The maximum absolute atomic E-state index is 11.5. The van der Waals surface area contributed by atoms with Gasteiger partial charge in [0.2, 0.25) is 0 Å². The normalized spacial score (nSPS) is 10.1. The minimum Gasteiger partial charge on any atom is -0.347 e. The summed E-state index contributed by atoms with van der Waals surface area (Å²) in [7, 11) is 1.86. The van der Waals surface area contributed by atoms with Gasteiger partial charge in [-0.05, 0) is 19.8 Å². The summed E-state index contributed by atoms with van der Waals surface area (Å²) in [5.74, 6) is 0. The third-order valence-electron chi connectivity index (χ3n) is 2.01. The molecule has 88 valence electrons. The molecule has 1 amide bonds. The first-order valence-corrected chi connectivity index (χ1v) is 5.98. The molecule has 0 unspecified atom stereocenters. The van der Waals surface area contributed by atoms with Crippen molar-refractivity contribution in [2.45, 2.75) is 24.9 Å². The van der Waals surface area contributed by atoms with E-state index in [1.54, 1.807) is 6.20 Å². The zero-order chi connectivity index (χ0) is 12.0. The molecule has 0 aliphatic carbocycles. The minimum absolute atomic E-state index is 0.0592. The fourth-order valence-corrected chi connectivity index (χ4v) is 1.81. The highest BCUT2D eigenvalue weighted by atomic mass is 32.2. The van der Waals surface area contributed by atoms with E-state index in [0.29, 0.717) is 11.7 Å². The van der Waals surface area contributed by atoms with Crippen LogP contribution in [0.25, 0.3) is 0 Å². The molecular formula is C11H17N3OS. The number of aryl methyl sites for hydroxylation is 1. The third-order valence-corrected chi connectivity index (χ3v) is 2.92. The molecule has 0 aliphatic heterocycles. The Morgan fingerprint density at radius 3 is 3.00 bits per heavy atom. The molecule has 0 aromatic carbocycles. The summed E-state index contributed by atoms with van der Waals surface area (Å²) in [6, 6.07) is 0. The van der Waals surface area contributed by atoms with Crippen LogP contribution in [0.3, 0.4) is 0 Å². The van der Waals surface area contributed by atoms with Crippen molar-refractivity contribution in [3.05, 3.63) is 24.5 Å². The summed E-state index contributed by atoms with van der Waals surface area (Å²) >= 11 is 1.12. The number of thioether (sulfide) groups is 1. The highest BCUT2D eigenvalue weighted by molar-refractivity contribution is 8.13. The van der Waals surface area contributed by atoms with Crippen molar-refractivity contribution in [3.8, 4) is 0 Å². The van der Waals surface area contributed by atoms with E-state index in [-0.39, 0.29) is 5.24 Å². The van der Waals surface area contributed by atoms with Crippen LogP contribution in [0.1, 0.15) is 19.8 Å². The number of nitrogens with zero attached hydrogens (tertiary/aromatic N) is 2. The zero-order valence-corrected chi connectivity index (χ0v) is 10.5. The van der Waals surface area contributed by atoms with Gasteiger partial charge in [-0.15, -0.1) is 6.58 Å². The first-order chi connectivity index (χ1) is 7.59. The second-order valence-electron chi connectivity index (χ2n) is 3.70. The van der Waals surface area contributed by atoms with Crippen LogP contribution in [0, 0.1) is 0 Å². The molecule has 0 radical (unpaired) electrons. The fourth-order valence-electron chi connectivity index (χ4n) is 1.15. The number of carbonyl (C=O) groups is 1. The molecule has 0 fully saturated rings. The summed E-state index contributed by atoms with van der Waals surface area (Å²) in [6.45, 7) is 6.49. The number of carbonyl (C=O) groups excluding carboxylic acids is 1. The topological polar surface area (TPSA) is 46.9 Å². The number of aromatic nitrogens is 2. The van der Waals surface area contributed by atoms with Crippen LogP contribution in [0.4, 0.5) is 4.79 Å². The van der Waals surface area contributed by atoms with Gasteiger partial charge in [0.25, 0.3) is 5.24 Å². The lowest BCUT2D eigenvalue weighted by Gasteiger charge is -2.04. The third kappa shape index (κ3) is 4.53. The minimum atomic E-state index is -0.0592. The van der Waals surface area contributed by atoms with Crippen LogP contribution in [-0.4, -0.2) is 21.3 Å². The van der Waals surface area contributed by atoms with E-state index in [0.717, 1.165) is 30.2 Å². The number of imidazole rings is 1. The van der Waals surface area contributed by atoms with Crippen LogP contribution < -0.4 is 5.32 Å². The second-order valence-corrected chi connectivity index (χ2v) is 4.64. The Labute approximate surface area is 100 Å². The number of allylic oxidation sites excluding steroid dienone is 1. The molecule has 1 heterocycles. The predicted molar refractivity (Wildman–Crippen MR) is 66.5 cm³/mol. The average Bonchev–Trinajstić information content (AvgIpc) is 2.59. The molecule has 0 bridgehead atoms. The molecule has 0 saturated carbocycles. The SMILES string of the molecule is C=C(C)CCCNC(=O)Sc1nccn1C. The molecule has 1 N–H and O–H groups in total. The Hall–Kier alpha value is -1.23. The first kappa shape index (κ1) is 12.8. The molecule has 0 atom stereocenters. The van der Waals surface area contributed by atoms with Crippen LogP contribution in [-0.2, 0) is 7.05 Å². The Bertz CT molecular complexity index is 373. The van der Waals surface area contributed by atoms with E-state index in [1.165, 1.54) is 0 Å². The standard InChI is InChI=1S/C11H17N3OS/c1-9(2)5-4-6-13-11(15)16-10-12-7-8-14(10)3/h7-8H,1,4-6H2,2-3H3,(H,13,15). The Balaban J connectivity index is 2.21. The van der Waals surface area contributed by atoms with Crippen molar-refractivity contribution in [1.29, 1.82) is 0 Å². The molecule has 4 nitrogen and oxygen atoms in total. The number of hydrogen-bond donors (Lipinski definition) is 1. The summed E-state index contributed by atoms with van der Waals surface area (Å²) in [6.07, 6.45) is 5.38. The Morgan fingerprint density at radius 1 is 1.69 bits per heavy atom. The monoisotopic (exact) mass is 239 g/mol. The van der Waals surface area contributed by atoms with Crippen molar-refractivity contribution in [2.24, 2.45) is 7.05 Å². The maximum atomic E-state index is 11.5. The van der Waals surface area contributed by atoms with Gasteiger partial charge in [0.05, 0.1) is 0 Å². The van der Waals surface area contributed by atoms with Crippen LogP contribution >= 0.6 is 11.8 Å². The second kappa shape index (κ2) is 6.37. The molecule has 5 heteroatoms. The molecule has 1 aromatic rings. The van der Waals surface area contributed by atoms with Gasteiger partial charge >= 0.3 is 0 Å². The van der Waals surface area contributed by atoms with Crippen LogP contribution in [0.2, 0.25) is 0 Å². The van der Waals surface area contributed by atoms with E-state index in [1.807, 2.05) is 24.7 Å². The number of nitrogens with one attached hydrogen (secondary N) is 1. The van der Waals surface area contributed by atoms with E-state index < -0.39 is 0 Å². The fraction of sp³-hybridized carbons (Fsp3) is 0.455. The number of rotatable bonds is 5. The molecular weight excluding hydrogens is 222 g/mol. The van der Waals surface area contributed by atoms with Gasteiger partial charge in [0.15, 0.2) is 5.16 Å². The largest absolute Gasteiger partial charge is 0.347 e. The lowest BCUT2D eigenvalue weighted by molar-refractivity contribution is 0.260. The molecule has 0 spiro atoms. The predicted octanol–water partition coefficient (Wildman–Crippen LogP) is 2.58. The maximum Gasteiger partial charge on any atom is 0.286 e. The average molecular weight is 239 g/mol. The molecule has 16 heavy (non-hydrogen) atoms. The first-order valence-electron chi connectivity index (χ1n) is 5.17. The van der Waals surface area contributed by atoms with E-state index in [4.69, 9.17) is 0 Å². The Morgan fingerprint density at radius 2 is 2.44 bits per heavy atom. The lowest BCUT2D eigenvalue weighted by atomic mass is 10.2. The van der Waals surface area contributed by atoms with Crippen molar-refractivity contribution in [1.82, 2.24) is 14.9 Å². The van der Waals surface area contributed by atoms with Gasteiger partial charge in [-0.2, -0.15) is 0 Å². The quantitative estimate of drug-likeness (QED) is 0.488. The summed E-state index contributed by atoms with van der Waals surface area (Å²) < 4.78 is 1.82. The van der Waals surface area contributed by atoms with Crippen molar-refractivity contribution < 1.29 is 4.79 Å². The van der Waals surface area contributed by atoms with E-state index in [2.05, 4.69) is 16.9 Å². The van der Waals surface area contributed by atoms with Crippen LogP contribution in [0.15, 0.2) is 29.7 Å². The molecule has 0 aliphatic rings. The molecule has 1 rings (SSSR count). The van der Waals surface area contributed by atoms with Gasteiger partial charge in [-0.1, -0.05) is 5.57 Å². The van der Waals surface area contributed by atoms with Gasteiger partial charge in [-0.3, -0.25) is 4.79 Å². The lowest BCUT2D eigenvalue weighted by Crippen LogP contribution is -2.20. The van der Waals surface area contributed by atoms with Gasteiger partial charge in [-0.25, -0.2) is 4.98 Å². The van der Waals surface area contributed by atoms with Gasteiger partial charge in [0, 0.05) is 37.7 Å². The summed E-state index contributed by atoms with van der Waals surface area (Å²) in [5.41, 5.74) is 1.14. The van der Waals surface area contributed by atoms with Crippen molar-refractivity contribution in [3.63, 3.8) is 0 Å². The zero-order valence-electron chi connectivity index (χ0n) is 9.69. The number of hydrogen-bond acceptors (Lipinski definition) is 3. The van der Waals surface area contributed by atoms with Gasteiger partial charge in [0.1, 0.15) is 0 Å². The van der Waals surface area contributed by atoms with Crippen molar-refractivity contribution >= 4 is 17.0 Å².